The lowest BCUT2D eigenvalue weighted by molar-refractivity contribution is -0.362. The molecule has 0 bridgehead atoms. The summed E-state index contributed by atoms with van der Waals surface area (Å²) in [5.74, 6) is 1.75. The summed E-state index contributed by atoms with van der Waals surface area (Å²) in [6.07, 6.45) is -9.24. The van der Waals surface area contributed by atoms with Crippen LogP contribution in [0, 0.1) is 52.3 Å². The minimum absolute atomic E-state index is 0.0451. The monoisotopic (exact) mass is 758 g/mol. The minimum atomic E-state index is -1.83. The van der Waals surface area contributed by atoms with Crippen molar-refractivity contribution >= 4 is 5.78 Å². The maximum absolute atomic E-state index is 14.5. The first-order chi connectivity index (χ1) is 25.2. The first-order valence-corrected chi connectivity index (χ1v) is 20.1. The number of carbonyl (C=O) groups excluding carboxylic acids is 1. The lowest BCUT2D eigenvalue weighted by atomic mass is 9.44. The molecular formula is C39H60F2O12. The van der Waals surface area contributed by atoms with Crippen molar-refractivity contribution in [2.45, 2.75) is 165 Å². The van der Waals surface area contributed by atoms with E-state index in [9.17, 15) is 39.1 Å². The van der Waals surface area contributed by atoms with Crippen molar-refractivity contribution in [3.8, 4) is 0 Å². The van der Waals surface area contributed by atoms with Gasteiger partial charge >= 0.3 is 0 Å². The maximum Gasteiger partial charge on any atom is 0.187 e. The van der Waals surface area contributed by atoms with Crippen molar-refractivity contribution < 1.29 is 67.5 Å². The molecule has 13 unspecified atom stereocenters. The van der Waals surface area contributed by atoms with Gasteiger partial charge in [-0.2, -0.15) is 0 Å². The zero-order valence-electron chi connectivity index (χ0n) is 31.3. The molecule has 22 atom stereocenters. The topological polar surface area (TPSA) is 174 Å². The number of ether oxygens (including phenoxy) is 6. The van der Waals surface area contributed by atoms with Gasteiger partial charge in [0.15, 0.2) is 18.4 Å². The highest BCUT2D eigenvalue weighted by Crippen LogP contribution is 2.70. The van der Waals surface area contributed by atoms with Gasteiger partial charge in [0.2, 0.25) is 0 Å². The molecule has 4 saturated heterocycles. The molecule has 0 aromatic heterocycles. The fourth-order valence-electron chi connectivity index (χ4n) is 13.0. The fraction of sp³-hybridized carbons (Fsp3) is 0.974. The number of halogens is 2. The molecule has 0 amide bonds. The largest absolute Gasteiger partial charge is 0.387 e. The highest BCUT2D eigenvalue weighted by atomic mass is 19.1. The molecule has 53 heavy (non-hydrogen) atoms. The Morgan fingerprint density at radius 2 is 1.49 bits per heavy atom. The lowest BCUT2D eigenvalue weighted by Gasteiger charge is -2.60. The van der Waals surface area contributed by atoms with E-state index in [1.807, 2.05) is 0 Å². The molecule has 1 spiro atoms. The van der Waals surface area contributed by atoms with Gasteiger partial charge in [0, 0.05) is 24.7 Å². The van der Waals surface area contributed by atoms with Gasteiger partial charge in [-0.25, -0.2) is 8.78 Å². The van der Waals surface area contributed by atoms with E-state index >= 15 is 0 Å². The molecule has 12 nitrogen and oxygen atoms in total. The third kappa shape index (κ3) is 6.10. The van der Waals surface area contributed by atoms with E-state index in [0.717, 1.165) is 45.1 Å². The summed E-state index contributed by atoms with van der Waals surface area (Å²) in [5.41, 5.74) is -0.333. The SMILES string of the molecule is CC1CC[C@@]2(OC1)OC1C[C@H]3[C@@H]4CC[C@H]5C[C@@H](OC6OC(CF)C(OC7OC(CF)C(O)C(O)C7O)C(O)C6O)CC[C@]5(C)[C@H]4C(=O)C[C@]3(C)C1[C@@H]2C. The Hall–Kier alpha value is -0.910. The van der Waals surface area contributed by atoms with Crippen molar-refractivity contribution in [1.82, 2.24) is 0 Å². The summed E-state index contributed by atoms with van der Waals surface area (Å²) in [5, 5.41) is 52.6. The second kappa shape index (κ2) is 14.2. The van der Waals surface area contributed by atoms with Crippen LogP contribution in [0.4, 0.5) is 8.78 Å². The number of aliphatic hydroxyl groups is 5. The minimum Gasteiger partial charge on any atom is -0.387 e. The van der Waals surface area contributed by atoms with Crippen LogP contribution in [0.3, 0.4) is 0 Å². The Morgan fingerprint density at radius 3 is 2.19 bits per heavy atom. The molecule has 4 saturated carbocycles. The van der Waals surface area contributed by atoms with Crippen molar-refractivity contribution in [1.29, 1.82) is 0 Å². The van der Waals surface area contributed by atoms with Crippen LogP contribution in [0.25, 0.3) is 0 Å². The van der Waals surface area contributed by atoms with Gasteiger partial charge in [0.25, 0.3) is 0 Å². The van der Waals surface area contributed by atoms with Crippen LogP contribution in [-0.2, 0) is 33.2 Å². The molecule has 4 aliphatic heterocycles. The number of ketones is 1. The second-order valence-corrected chi connectivity index (χ2v) is 18.6. The molecule has 0 aromatic rings. The van der Waals surface area contributed by atoms with Crippen molar-refractivity contribution in [2.75, 3.05) is 20.0 Å². The first-order valence-electron chi connectivity index (χ1n) is 20.1. The number of alkyl halides is 2. The summed E-state index contributed by atoms with van der Waals surface area (Å²) < 4.78 is 64.0. The molecule has 8 rings (SSSR count). The summed E-state index contributed by atoms with van der Waals surface area (Å²) in [6, 6.07) is 0. The van der Waals surface area contributed by atoms with E-state index in [1.165, 1.54) is 0 Å². The number of hydrogen-bond donors (Lipinski definition) is 5. The van der Waals surface area contributed by atoms with Crippen LogP contribution in [0.15, 0.2) is 0 Å². The van der Waals surface area contributed by atoms with Gasteiger partial charge in [-0.05, 0) is 85.4 Å². The molecule has 0 aromatic carbocycles. The predicted octanol–water partition coefficient (Wildman–Crippen LogP) is 2.58. The van der Waals surface area contributed by atoms with Gasteiger partial charge in [0.05, 0.1) is 18.8 Å². The second-order valence-electron chi connectivity index (χ2n) is 18.6. The average molecular weight is 759 g/mol. The number of fused-ring (bicyclic) bond motifs is 7. The highest BCUT2D eigenvalue weighted by Gasteiger charge is 2.71. The number of hydrogen-bond acceptors (Lipinski definition) is 12. The number of aliphatic hydroxyl groups excluding tert-OH is 5. The van der Waals surface area contributed by atoms with E-state index in [4.69, 9.17) is 28.4 Å². The summed E-state index contributed by atoms with van der Waals surface area (Å²) >= 11 is 0. The zero-order chi connectivity index (χ0) is 37.8. The Bertz CT molecular complexity index is 1350. The molecule has 14 heteroatoms. The van der Waals surface area contributed by atoms with Crippen molar-refractivity contribution in [3.63, 3.8) is 0 Å². The van der Waals surface area contributed by atoms with E-state index in [0.29, 0.717) is 48.7 Å². The summed E-state index contributed by atoms with van der Waals surface area (Å²) in [4.78, 5) is 14.5. The quantitative estimate of drug-likeness (QED) is 0.251. The van der Waals surface area contributed by atoms with Crippen LogP contribution >= 0.6 is 0 Å². The Morgan fingerprint density at radius 1 is 0.792 bits per heavy atom. The number of rotatable bonds is 6. The Labute approximate surface area is 310 Å². The molecule has 4 aliphatic carbocycles. The molecule has 0 radical (unpaired) electrons. The summed E-state index contributed by atoms with van der Waals surface area (Å²) in [6.45, 7) is 7.51. The summed E-state index contributed by atoms with van der Waals surface area (Å²) in [7, 11) is 0. The third-order valence-electron chi connectivity index (χ3n) is 15.8. The van der Waals surface area contributed by atoms with Gasteiger partial charge in [-0.15, -0.1) is 0 Å². The zero-order valence-corrected chi connectivity index (χ0v) is 31.3. The third-order valence-corrected chi connectivity index (χ3v) is 15.8. The first kappa shape index (κ1) is 38.9. The van der Waals surface area contributed by atoms with Gasteiger partial charge in [-0.1, -0.05) is 27.7 Å². The number of Topliss-reactive ketones (excluding diaryl/α,β-unsaturated/α-hetero) is 1. The van der Waals surface area contributed by atoms with Crippen molar-refractivity contribution in [3.05, 3.63) is 0 Å². The van der Waals surface area contributed by atoms with Gasteiger partial charge < -0.3 is 54.0 Å². The van der Waals surface area contributed by atoms with Gasteiger partial charge in [-0.3, -0.25) is 4.79 Å². The van der Waals surface area contributed by atoms with Crippen LogP contribution < -0.4 is 0 Å². The van der Waals surface area contributed by atoms with E-state index < -0.39 is 80.5 Å². The number of carbonyl (C=O) groups is 1. The Kier molecular flexibility index (Phi) is 10.4. The standard InChI is InChI=1S/C39H60F2O12/c1-17-7-10-39(48-16-17)18(2)27-24(53-39)12-22-21-6-5-19-11-20(8-9-37(19,3)28(21)23(42)13-38(22,27)4)49-35-33(47)31(45)34(26(15-41)51-35)52-36-32(46)30(44)29(43)25(14-40)50-36/h17-22,24-36,43-47H,5-16H2,1-4H3/t17?,18-,19-,20-,21-,22-,24?,25?,26?,27?,28+,29?,30?,31?,32?,33?,34?,35?,36?,37-,38-,39+/m0/s1. The average Bonchev–Trinajstić information content (AvgIpc) is 3.57. The van der Waals surface area contributed by atoms with Gasteiger partial charge in [0.1, 0.15) is 68.0 Å². The van der Waals surface area contributed by atoms with Crippen LogP contribution in [0.5, 0.6) is 0 Å². The van der Waals surface area contributed by atoms with Crippen LogP contribution in [0.1, 0.15) is 85.5 Å². The van der Waals surface area contributed by atoms with E-state index in [-0.39, 0.29) is 40.8 Å². The smallest absolute Gasteiger partial charge is 0.187 e. The lowest BCUT2D eigenvalue weighted by Crippen LogP contribution is -2.64. The van der Waals surface area contributed by atoms with Crippen LogP contribution in [-0.4, -0.2) is 131 Å². The predicted molar refractivity (Wildman–Crippen MR) is 181 cm³/mol. The van der Waals surface area contributed by atoms with E-state index in [1.54, 1.807) is 0 Å². The molecule has 8 fully saturated rings. The molecule has 4 heterocycles. The normalized spacial score (nSPS) is 58.2. The molecule has 302 valence electrons. The highest BCUT2D eigenvalue weighted by molar-refractivity contribution is 5.84. The maximum atomic E-state index is 14.5. The van der Waals surface area contributed by atoms with E-state index in [2.05, 4.69) is 27.7 Å². The fourth-order valence-corrected chi connectivity index (χ4v) is 13.0. The molecular weight excluding hydrogens is 698 g/mol. The molecule has 8 aliphatic rings. The Balaban J connectivity index is 0.911. The van der Waals surface area contributed by atoms with Crippen LogP contribution in [0.2, 0.25) is 0 Å². The molecule has 5 N–H and O–H groups in total. The van der Waals surface area contributed by atoms with Crippen molar-refractivity contribution in [2.24, 2.45) is 52.3 Å².